The molecule has 0 radical (unpaired) electrons. The van der Waals surface area contributed by atoms with Crippen molar-refractivity contribution in [3.05, 3.63) is 76.5 Å². The summed E-state index contributed by atoms with van der Waals surface area (Å²) in [5.74, 6) is 1.07. The van der Waals surface area contributed by atoms with E-state index in [9.17, 15) is 13.2 Å². The van der Waals surface area contributed by atoms with E-state index >= 15 is 0 Å². The molecule has 0 bridgehead atoms. The fraction of sp³-hybridized carbons (Fsp3) is 0.227. The molecule has 0 saturated carbocycles. The number of nitrogens with one attached hydrogen (secondary N) is 1. The first-order valence-electron chi connectivity index (χ1n) is 9.72. The third-order valence-corrected chi connectivity index (χ3v) is 7.86. The van der Waals surface area contributed by atoms with E-state index in [-0.39, 0.29) is 15.7 Å². The molecule has 0 unspecified atom stereocenters. The molecule has 2 heterocycles. The predicted molar refractivity (Wildman–Crippen MR) is 116 cm³/mol. The molecule has 1 aliphatic rings. The van der Waals surface area contributed by atoms with Gasteiger partial charge in [0.25, 0.3) is 5.91 Å². The van der Waals surface area contributed by atoms with Crippen LogP contribution in [0, 0.1) is 0 Å². The van der Waals surface area contributed by atoms with Crippen LogP contribution in [0.3, 0.4) is 0 Å². The van der Waals surface area contributed by atoms with Gasteiger partial charge in [0.2, 0.25) is 10.0 Å². The van der Waals surface area contributed by atoms with E-state index < -0.39 is 10.0 Å². The van der Waals surface area contributed by atoms with Crippen molar-refractivity contribution in [1.29, 1.82) is 0 Å². The zero-order valence-electron chi connectivity index (χ0n) is 16.3. The normalized spacial score (nSPS) is 14.5. The van der Waals surface area contributed by atoms with E-state index in [2.05, 4.69) is 5.32 Å². The minimum Gasteiger partial charge on any atom is -0.457 e. The molecule has 3 aromatic rings. The molecule has 6 nitrogen and oxygen atoms in total. The van der Waals surface area contributed by atoms with Crippen molar-refractivity contribution in [2.75, 3.05) is 13.1 Å². The molecule has 156 valence electrons. The van der Waals surface area contributed by atoms with Crippen molar-refractivity contribution in [1.82, 2.24) is 9.62 Å². The highest BCUT2D eigenvalue weighted by Crippen LogP contribution is 2.28. The Hall–Kier alpha value is -2.68. The van der Waals surface area contributed by atoms with Gasteiger partial charge in [-0.2, -0.15) is 4.31 Å². The van der Waals surface area contributed by atoms with Crippen molar-refractivity contribution in [2.24, 2.45) is 0 Å². The van der Waals surface area contributed by atoms with Gasteiger partial charge >= 0.3 is 0 Å². The fourth-order valence-electron chi connectivity index (χ4n) is 3.30. The second-order valence-corrected chi connectivity index (χ2v) is 9.79. The van der Waals surface area contributed by atoms with Crippen LogP contribution in [0.4, 0.5) is 0 Å². The number of hydrogen-bond donors (Lipinski definition) is 1. The molecular weight excluding hydrogens is 420 g/mol. The summed E-state index contributed by atoms with van der Waals surface area (Å²) in [7, 11) is -3.62. The van der Waals surface area contributed by atoms with Gasteiger partial charge in [0.05, 0.1) is 0 Å². The summed E-state index contributed by atoms with van der Waals surface area (Å²) in [6.07, 6.45) is 1.71. The Bertz CT molecular complexity index is 1100. The molecular formula is C22H22N2O4S2. The summed E-state index contributed by atoms with van der Waals surface area (Å²) < 4.78 is 32.9. The summed E-state index contributed by atoms with van der Waals surface area (Å²) in [4.78, 5) is 13.0. The number of nitrogens with zero attached hydrogens (tertiary/aromatic N) is 1. The quantitative estimate of drug-likeness (QED) is 0.593. The van der Waals surface area contributed by atoms with Crippen LogP contribution in [-0.4, -0.2) is 31.7 Å². The molecule has 0 atom stereocenters. The minimum absolute atomic E-state index is 0.0958. The zero-order chi connectivity index (χ0) is 21.0. The van der Waals surface area contributed by atoms with Crippen LogP contribution in [0.25, 0.3) is 0 Å². The Morgan fingerprint density at radius 3 is 2.33 bits per heavy atom. The highest BCUT2D eigenvalue weighted by Gasteiger charge is 2.31. The standard InChI is InChI=1S/C22H22N2O4S2/c25-22(21-20(12-15-29-21)30(26,27)24-13-4-5-14-24)23-16-17-8-10-19(11-9-17)28-18-6-2-1-3-7-18/h1-3,6-12,15H,4-5,13-14,16H2,(H,23,25). The molecule has 8 heteroatoms. The number of sulfonamides is 1. The van der Waals surface area contributed by atoms with Gasteiger partial charge in [-0.05, 0) is 54.1 Å². The molecule has 1 aromatic heterocycles. The Kier molecular flexibility index (Phi) is 6.17. The van der Waals surface area contributed by atoms with Gasteiger partial charge in [0.15, 0.2) is 0 Å². The van der Waals surface area contributed by atoms with E-state index in [4.69, 9.17) is 4.74 Å². The van der Waals surface area contributed by atoms with E-state index in [1.165, 1.54) is 10.4 Å². The maximum Gasteiger partial charge on any atom is 0.263 e. The maximum absolute atomic E-state index is 12.8. The lowest BCUT2D eigenvalue weighted by molar-refractivity contribution is 0.0952. The minimum atomic E-state index is -3.62. The molecule has 1 aliphatic heterocycles. The number of hydrogen-bond acceptors (Lipinski definition) is 5. The topological polar surface area (TPSA) is 75.7 Å². The lowest BCUT2D eigenvalue weighted by Crippen LogP contribution is -2.30. The average molecular weight is 443 g/mol. The molecule has 1 saturated heterocycles. The summed E-state index contributed by atoms with van der Waals surface area (Å²) in [5, 5.41) is 4.47. The average Bonchev–Trinajstić information content (AvgIpc) is 3.46. The highest BCUT2D eigenvalue weighted by molar-refractivity contribution is 7.89. The number of amides is 1. The number of para-hydroxylation sites is 1. The third kappa shape index (κ3) is 4.56. The molecule has 1 amide bonds. The van der Waals surface area contributed by atoms with Gasteiger partial charge in [-0.1, -0.05) is 30.3 Å². The third-order valence-electron chi connectivity index (χ3n) is 4.87. The summed E-state index contributed by atoms with van der Waals surface area (Å²) in [6, 6.07) is 18.4. The van der Waals surface area contributed by atoms with Gasteiger partial charge in [-0.3, -0.25) is 4.79 Å². The SMILES string of the molecule is O=C(NCc1ccc(Oc2ccccc2)cc1)c1sccc1S(=O)(=O)N1CCCC1. The van der Waals surface area contributed by atoms with Crippen LogP contribution >= 0.6 is 11.3 Å². The molecule has 1 N–H and O–H groups in total. The van der Waals surface area contributed by atoms with Gasteiger partial charge in [-0.25, -0.2) is 8.42 Å². The molecule has 4 rings (SSSR count). The number of carbonyl (C=O) groups excluding carboxylic acids is 1. The van der Waals surface area contributed by atoms with Crippen LogP contribution in [0.15, 0.2) is 70.9 Å². The predicted octanol–water partition coefficient (Wildman–Crippen LogP) is 4.25. The van der Waals surface area contributed by atoms with Gasteiger partial charge < -0.3 is 10.1 Å². The van der Waals surface area contributed by atoms with Crippen molar-refractivity contribution >= 4 is 27.3 Å². The van der Waals surface area contributed by atoms with Crippen LogP contribution in [0.1, 0.15) is 28.1 Å². The first-order chi connectivity index (χ1) is 14.5. The van der Waals surface area contributed by atoms with Crippen LogP contribution in [0.5, 0.6) is 11.5 Å². The molecule has 0 spiro atoms. The lowest BCUT2D eigenvalue weighted by atomic mass is 10.2. The summed E-state index contributed by atoms with van der Waals surface area (Å²) in [5.41, 5.74) is 0.893. The number of rotatable bonds is 7. The van der Waals surface area contributed by atoms with Crippen molar-refractivity contribution in [3.63, 3.8) is 0 Å². The molecule has 30 heavy (non-hydrogen) atoms. The number of thiophene rings is 1. The van der Waals surface area contributed by atoms with Crippen LogP contribution < -0.4 is 10.1 Å². The lowest BCUT2D eigenvalue weighted by Gasteiger charge is -2.15. The second-order valence-electron chi connectivity index (χ2n) is 6.97. The summed E-state index contributed by atoms with van der Waals surface area (Å²) >= 11 is 1.14. The van der Waals surface area contributed by atoms with E-state index in [0.29, 0.717) is 25.4 Å². The maximum atomic E-state index is 12.8. The second kappa shape index (κ2) is 8.99. The monoisotopic (exact) mass is 442 g/mol. The Labute approximate surface area is 180 Å². The van der Waals surface area contributed by atoms with E-state index in [1.54, 1.807) is 5.38 Å². The van der Waals surface area contributed by atoms with Gasteiger partial charge in [0, 0.05) is 19.6 Å². The number of carbonyl (C=O) groups is 1. The Balaban J connectivity index is 1.39. The smallest absolute Gasteiger partial charge is 0.263 e. The van der Waals surface area contributed by atoms with Gasteiger partial charge in [0.1, 0.15) is 21.3 Å². The largest absolute Gasteiger partial charge is 0.457 e. The number of benzene rings is 2. The van der Waals surface area contributed by atoms with Crippen molar-refractivity contribution in [3.8, 4) is 11.5 Å². The Morgan fingerprint density at radius 2 is 1.63 bits per heavy atom. The molecule has 1 fully saturated rings. The van der Waals surface area contributed by atoms with Crippen molar-refractivity contribution in [2.45, 2.75) is 24.3 Å². The molecule has 2 aromatic carbocycles. The van der Waals surface area contributed by atoms with E-state index in [1.807, 2.05) is 54.6 Å². The number of ether oxygens (including phenoxy) is 1. The first kappa shape index (κ1) is 20.6. The zero-order valence-corrected chi connectivity index (χ0v) is 17.9. The van der Waals surface area contributed by atoms with Crippen LogP contribution in [-0.2, 0) is 16.6 Å². The Morgan fingerprint density at radius 1 is 0.967 bits per heavy atom. The van der Waals surface area contributed by atoms with Crippen LogP contribution in [0.2, 0.25) is 0 Å². The van der Waals surface area contributed by atoms with Gasteiger partial charge in [-0.15, -0.1) is 11.3 Å². The highest BCUT2D eigenvalue weighted by atomic mass is 32.2. The van der Waals surface area contributed by atoms with E-state index in [0.717, 1.165) is 35.5 Å². The fourth-order valence-corrected chi connectivity index (χ4v) is 6.13. The summed E-state index contributed by atoms with van der Waals surface area (Å²) in [6.45, 7) is 1.32. The molecule has 0 aliphatic carbocycles. The first-order valence-corrected chi connectivity index (χ1v) is 12.0. The van der Waals surface area contributed by atoms with Crippen molar-refractivity contribution < 1.29 is 17.9 Å².